The number of hydrogen-bond acceptors (Lipinski definition) is 6. The number of aliphatic hydroxyl groups is 1. The first-order chi connectivity index (χ1) is 14.5. The van der Waals surface area contributed by atoms with Crippen molar-refractivity contribution in [3.05, 3.63) is 35.1 Å². The van der Waals surface area contributed by atoms with Gasteiger partial charge in [-0.15, -0.1) is 0 Å². The number of halogens is 1. The molecule has 2 aromatic rings. The molecular formula is C22H28FN5O2. The molecule has 1 saturated carbocycles. The molecule has 7 nitrogen and oxygen atoms in total. The smallest absolute Gasteiger partial charge is 0.258 e. The second-order valence-electron chi connectivity index (χ2n) is 8.21. The van der Waals surface area contributed by atoms with E-state index < -0.39 is 0 Å². The van der Waals surface area contributed by atoms with Gasteiger partial charge in [-0.2, -0.15) is 4.98 Å². The maximum Gasteiger partial charge on any atom is 0.258 e. The third kappa shape index (κ3) is 3.96. The quantitative estimate of drug-likeness (QED) is 0.697. The van der Waals surface area contributed by atoms with Crippen LogP contribution in [0, 0.1) is 12.7 Å². The second-order valence-corrected chi connectivity index (χ2v) is 8.21. The molecule has 1 amide bonds. The van der Waals surface area contributed by atoms with Crippen molar-refractivity contribution >= 4 is 17.7 Å². The molecule has 160 valence electrons. The van der Waals surface area contributed by atoms with E-state index in [2.05, 4.69) is 20.5 Å². The predicted molar refractivity (Wildman–Crippen MR) is 114 cm³/mol. The summed E-state index contributed by atoms with van der Waals surface area (Å²) in [6.45, 7) is 3.97. The van der Waals surface area contributed by atoms with Crippen LogP contribution in [0.4, 0.5) is 16.2 Å². The van der Waals surface area contributed by atoms with E-state index in [-0.39, 0.29) is 24.4 Å². The van der Waals surface area contributed by atoms with Crippen molar-refractivity contribution in [3.8, 4) is 11.3 Å². The standard InChI is InChI=1S/C22H28FN5O2/c1-13-10-15(23)8-9-17(13)19-18-20(27-22(26-19)25-14(2)11-29)28(12-24-21(18)30)16-6-4-3-5-7-16/h8-10,14,16,29H,3-7,11-12H2,1-2H3,(H,24,30)(H,25,26,27)/t14-/m0/s1. The maximum absolute atomic E-state index is 13.7. The lowest BCUT2D eigenvalue weighted by atomic mass is 9.93. The molecule has 4 rings (SSSR count). The van der Waals surface area contributed by atoms with E-state index in [9.17, 15) is 14.3 Å². The summed E-state index contributed by atoms with van der Waals surface area (Å²) in [5, 5.41) is 15.5. The SMILES string of the molecule is Cc1cc(F)ccc1-c1nc(N[C@@H](C)CO)nc2c1C(=O)NCN2C1CCCCC1. The molecule has 3 N–H and O–H groups in total. The van der Waals surface area contributed by atoms with Crippen molar-refractivity contribution < 1.29 is 14.3 Å². The summed E-state index contributed by atoms with van der Waals surface area (Å²) >= 11 is 0. The van der Waals surface area contributed by atoms with Crippen molar-refractivity contribution in [2.24, 2.45) is 0 Å². The van der Waals surface area contributed by atoms with E-state index in [4.69, 9.17) is 4.98 Å². The molecule has 1 aliphatic heterocycles. The summed E-state index contributed by atoms with van der Waals surface area (Å²) in [6.07, 6.45) is 5.66. The van der Waals surface area contributed by atoms with Gasteiger partial charge < -0.3 is 20.6 Å². The fourth-order valence-corrected chi connectivity index (χ4v) is 4.30. The van der Waals surface area contributed by atoms with E-state index in [1.165, 1.54) is 18.6 Å². The highest BCUT2D eigenvalue weighted by molar-refractivity contribution is 6.06. The third-order valence-electron chi connectivity index (χ3n) is 5.91. The van der Waals surface area contributed by atoms with Crippen molar-refractivity contribution in [2.75, 3.05) is 23.5 Å². The number of amides is 1. The molecular weight excluding hydrogens is 385 g/mol. The molecule has 30 heavy (non-hydrogen) atoms. The first-order valence-corrected chi connectivity index (χ1v) is 10.6. The number of nitrogens with one attached hydrogen (secondary N) is 2. The molecule has 1 fully saturated rings. The van der Waals surface area contributed by atoms with Crippen LogP contribution < -0.4 is 15.5 Å². The van der Waals surface area contributed by atoms with Gasteiger partial charge >= 0.3 is 0 Å². The molecule has 0 radical (unpaired) electrons. The number of rotatable bonds is 5. The van der Waals surface area contributed by atoms with Crippen LogP contribution in [0.2, 0.25) is 0 Å². The fraction of sp³-hybridized carbons (Fsp3) is 0.500. The van der Waals surface area contributed by atoms with E-state index in [1.807, 2.05) is 6.92 Å². The number of aryl methyl sites for hydroxylation is 1. The number of aromatic nitrogens is 2. The summed E-state index contributed by atoms with van der Waals surface area (Å²) in [4.78, 5) is 24.4. The summed E-state index contributed by atoms with van der Waals surface area (Å²) in [5.41, 5.74) is 2.28. The van der Waals surface area contributed by atoms with Gasteiger partial charge in [0.25, 0.3) is 5.91 Å². The van der Waals surface area contributed by atoms with Crippen LogP contribution in [0.5, 0.6) is 0 Å². The van der Waals surface area contributed by atoms with Gasteiger partial charge in [0.15, 0.2) is 0 Å². The van der Waals surface area contributed by atoms with Crippen LogP contribution in [0.1, 0.15) is 54.9 Å². The van der Waals surface area contributed by atoms with Crippen LogP contribution in [0.3, 0.4) is 0 Å². The van der Waals surface area contributed by atoms with Gasteiger partial charge in [-0.25, -0.2) is 9.37 Å². The Labute approximate surface area is 175 Å². The lowest BCUT2D eigenvalue weighted by Gasteiger charge is -2.39. The zero-order valence-corrected chi connectivity index (χ0v) is 17.4. The van der Waals surface area contributed by atoms with E-state index >= 15 is 0 Å². The van der Waals surface area contributed by atoms with Gasteiger partial charge in [0, 0.05) is 17.6 Å². The highest BCUT2D eigenvalue weighted by Gasteiger charge is 2.34. The Bertz CT molecular complexity index is 945. The number of carbonyl (C=O) groups is 1. The summed E-state index contributed by atoms with van der Waals surface area (Å²) < 4.78 is 13.7. The Hall–Kier alpha value is -2.74. The molecule has 0 bridgehead atoms. The van der Waals surface area contributed by atoms with Gasteiger partial charge in [0.2, 0.25) is 5.95 Å². The van der Waals surface area contributed by atoms with Gasteiger partial charge in [-0.3, -0.25) is 4.79 Å². The first-order valence-electron chi connectivity index (χ1n) is 10.6. The number of anilines is 2. The first kappa shape index (κ1) is 20.5. The monoisotopic (exact) mass is 413 g/mol. The third-order valence-corrected chi connectivity index (χ3v) is 5.91. The molecule has 1 aromatic carbocycles. The molecule has 2 aliphatic rings. The summed E-state index contributed by atoms with van der Waals surface area (Å²) in [6, 6.07) is 4.52. The zero-order chi connectivity index (χ0) is 21.3. The number of fused-ring (bicyclic) bond motifs is 1. The van der Waals surface area contributed by atoms with Gasteiger partial charge in [0.05, 0.1) is 19.0 Å². The van der Waals surface area contributed by atoms with Crippen LogP contribution in [-0.2, 0) is 0 Å². The minimum Gasteiger partial charge on any atom is -0.394 e. The Kier molecular flexibility index (Phi) is 5.85. The van der Waals surface area contributed by atoms with Crippen LogP contribution in [0.25, 0.3) is 11.3 Å². The number of aliphatic hydroxyl groups excluding tert-OH is 1. The highest BCUT2D eigenvalue weighted by Crippen LogP contribution is 2.36. The van der Waals surface area contributed by atoms with Crippen molar-refractivity contribution in [1.82, 2.24) is 15.3 Å². The normalized spacial score (nSPS) is 18.0. The summed E-state index contributed by atoms with van der Waals surface area (Å²) in [7, 11) is 0. The average molecular weight is 413 g/mol. The molecule has 0 spiro atoms. The van der Waals surface area contributed by atoms with Crippen LogP contribution in [0.15, 0.2) is 18.2 Å². The molecule has 0 unspecified atom stereocenters. The van der Waals surface area contributed by atoms with E-state index in [0.717, 1.165) is 25.7 Å². The number of benzene rings is 1. The average Bonchev–Trinajstić information content (AvgIpc) is 2.74. The second kappa shape index (κ2) is 8.55. The fourth-order valence-electron chi connectivity index (χ4n) is 4.30. The lowest BCUT2D eigenvalue weighted by molar-refractivity contribution is 0.0944. The van der Waals surface area contributed by atoms with Gasteiger partial charge in [-0.05, 0) is 50.5 Å². The Morgan fingerprint density at radius 3 is 2.77 bits per heavy atom. The maximum atomic E-state index is 13.7. The largest absolute Gasteiger partial charge is 0.394 e. The van der Waals surface area contributed by atoms with Gasteiger partial charge in [0.1, 0.15) is 17.2 Å². The molecule has 0 saturated heterocycles. The topological polar surface area (TPSA) is 90.4 Å². The Morgan fingerprint density at radius 1 is 1.30 bits per heavy atom. The Morgan fingerprint density at radius 2 is 2.07 bits per heavy atom. The van der Waals surface area contributed by atoms with Gasteiger partial charge in [-0.1, -0.05) is 19.3 Å². The summed E-state index contributed by atoms with van der Waals surface area (Å²) in [5.74, 6) is 0.397. The minimum atomic E-state index is -0.334. The number of carbonyl (C=O) groups excluding carboxylic acids is 1. The van der Waals surface area contributed by atoms with Crippen LogP contribution in [-0.4, -0.2) is 46.3 Å². The lowest BCUT2D eigenvalue weighted by Crippen LogP contribution is -2.50. The van der Waals surface area contributed by atoms with Crippen molar-refractivity contribution in [1.29, 1.82) is 0 Å². The number of nitrogens with zero attached hydrogens (tertiary/aromatic N) is 3. The van der Waals surface area contributed by atoms with Crippen molar-refractivity contribution in [2.45, 2.75) is 58.0 Å². The highest BCUT2D eigenvalue weighted by atomic mass is 19.1. The predicted octanol–water partition coefficient (Wildman–Crippen LogP) is 3.22. The molecule has 1 aliphatic carbocycles. The molecule has 1 aromatic heterocycles. The zero-order valence-electron chi connectivity index (χ0n) is 17.4. The Balaban J connectivity index is 1.88. The van der Waals surface area contributed by atoms with Crippen molar-refractivity contribution in [3.63, 3.8) is 0 Å². The molecule has 2 heterocycles. The minimum absolute atomic E-state index is 0.0713. The van der Waals surface area contributed by atoms with Crippen LogP contribution >= 0.6 is 0 Å². The molecule has 1 atom stereocenters. The van der Waals surface area contributed by atoms with E-state index in [0.29, 0.717) is 46.9 Å². The number of hydrogen-bond donors (Lipinski definition) is 3. The van der Waals surface area contributed by atoms with E-state index in [1.54, 1.807) is 13.0 Å². The molecule has 8 heteroatoms.